The molecule has 0 aliphatic carbocycles. The van der Waals surface area contributed by atoms with Gasteiger partial charge in [0, 0.05) is 6.04 Å². The molecule has 1 aliphatic rings. The van der Waals surface area contributed by atoms with Crippen molar-refractivity contribution < 1.29 is 14.7 Å². The summed E-state index contributed by atoms with van der Waals surface area (Å²) in [6.45, 7) is 3.32. The van der Waals surface area contributed by atoms with Crippen molar-refractivity contribution in [3.63, 3.8) is 0 Å². The fourth-order valence-corrected chi connectivity index (χ4v) is 1.54. The maximum atomic E-state index is 11.5. The van der Waals surface area contributed by atoms with E-state index in [9.17, 15) is 9.59 Å². The van der Waals surface area contributed by atoms with Crippen LogP contribution in [0.15, 0.2) is 0 Å². The second-order valence-electron chi connectivity index (χ2n) is 3.70. The average molecular weight is 215 g/mol. The highest BCUT2D eigenvalue weighted by molar-refractivity contribution is 5.84. The molecule has 86 valence electrons. The van der Waals surface area contributed by atoms with Crippen molar-refractivity contribution in [2.24, 2.45) is 0 Å². The minimum atomic E-state index is -1.18. The maximum absolute atomic E-state index is 11.5. The SMILES string of the molecule is CC(NC(=O)O)C(=O)NC1CCNCC1. The van der Waals surface area contributed by atoms with Gasteiger partial charge in [0.1, 0.15) is 6.04 Å². The Kier molecular flexibility index (Phi) is 4.36. The van der Waals surface area contributed by atoms with E-state index in [2.05, 4.69) is 16.0 Å². The summed E-state index contributed by atoms with van der Waals surface area (Å²) in [6.07, 6.45) is 0.611. The van der Waals surface area contributed by atoms with Gasteiger partial charge in [0.2, 0.25) is 5.91 Å². The molecule has 1 atom stereocenters. The summed E-state index contributed by atoms with van der Waals surface area (Å²) in [7, 11) is 0. The lowest BCUT2D eigenvalue weighted by molar-refractivity contribution is -0.123. The molecule has 2 amide bonds. The number of rotatable bonds is 3. The molecular formula is C9H17N3O3. The molecule has 1 saturated heterocycles. The van der Waals surface area contributed by atoms with Crippen LogP contribution in [0.4, 0.5) is 4.79 Å². The molecule has 0 bridgehead atoms. The summed E-state index contributed by atoms with van der Waals surface area (Å²) < 4.78 is 0. The molecule has 0 aromatic heterocycles. The van der Waals surface area contributed by atoms with Gasteiger partial charge in [0.25, 0.3) is 0 Å². The van der Waals surface area contributed by atoms with Crippen molar-refractivity contribution in [2.75, 3.05) is 13.1 Å². The molecule has 1 fully saturated rings. The summed E-state index contributed by atoms with van der Waals surface area (Å²) in [4.78, 5) is 21.8. The van der Waals surface area contributed by atoms with E-state index in [0.29, 0.717) is 0 Å². The molecular weight excluding hydrogens is 198 g/mol. The summed E-state index contributed by atoms with van der Waals surface area (Å²) in [6, 6.07) is -0.533. The van der Waals surface area contributed by atoms with E-state index in [-0.39, 0.29) is 11.9 Å². The minimum Gasteiger partial charge on any atom is -0.465 e. The van der Waals surface area contributed by atoms with Crippen molar-refractivity contribution in [3.8, 4) is 0 Å². The first-order chi connectivity index (χ1) is 7.09. The lowest BCUT2D eigenvalue weighted by Crippen LogP contribution is -2.50. The monoisotopic (exact) mass is 215 g/mol. The van der Waals surface area contributed by atoms with Crippen LogP contribution in [0.25, 0.3) is 0 Å². The van der Waals surface area contributed by atoms with Crippen molar-refractivity contribution in [3.05, 3.63) is 0 Å². The Morgan fingerprint density at radius 2 is 2.00 bits per heavy atom. The van der Waals surface area contributed by atoms with Crippen molar-refractivity contribution in [1.29, 1.82) is 0 Å². The van der Waals surface area contributed by atoms with Gasteiger partial charge in [-0.15, -0.1) is 0 Å². The Labute approximate surface area is 88.4 Å². The van der Waals surface area contributed by atoms with Crippen molar-refractivity contribution >= 4 is 12.0 Å². The lowest BCUT2D eigenvalue weighted by atomic mass is 10.1. The molecule has 1 rings (SSSR count). The quantitative estimate of drug-likeness (QED) is 0.511. The molecule has 0 aromatic rings. The van der Waals surface area contributed by atoms with Crippen LogP contribution >= 0.6 is 0 Å². The fourth-order valence-electron chi connectivity index (χ4n) is 1.54. The molecule has 0 spiro atoms. The third-order valence-electron chi connectivity index (χ3n) is 2.42. The molecule has 0 aromatic carbocycles. The Morgan fingerprint density at radius 3 is 2.53 bits per heavy atom. The standard InChI is InChI=1S/C9H17N3O3/c1-6(11-9(14)15)8(13)12-7-2-4-10-5-3-7/h6-7,10-11H,2-5H2,1H3,(H,12,13)(H,14,15). The van der Waals surface area contributed by atoms with Gasteiger partial charge in [-0.05, 0) is 32.9 Å². The van der Waals surface area contributed by atoms with E-state index < -0.39 is 12.1 Å². The number of nitrogens with one attached hydrogen (secondary N) is 3. The average Bonchev–Trinajstić information content (AvgIpc) is 2.18. The number of carbonyl (C=O) groups is 2. The van der Waals surface area contributed by atoms with E-state index in [0.717, 1.165) is 25.9 Å². The number of hydrogen-bond acceptors (Lipinski definition) is 3. The Balaban J connectivity index is 2.30. The zero-order chi connectivity index (χ0) is 11.3. The molecule has 4 N–H and O–H groups in total. The van der Waals surface area contributed by atoms with Gasteiger partial charge in [0.05, 0.1) is 0 Å². The second kappa shape index (κ2) is 5.55. The summed E-state index contributed by atoms with van der Waals surface area (Å²) in [5.74, 6) is -0.260. The Bertz CT molecular complexity index is 239. The Hall–Kier alpha value is -1.30. The van der Waals surface area contributed by atoms with Crippen molar-refractivity contribution in [1.82, 2.24) is 16.0 Å². The molecule has 15 heavy (non-hydrogen) atoms. The predicted molar refractivity (Wildman–Crippen MR) is 54.7 cm³/mol. The van der Waals surface area contributed by atoms with Gasteiger partial charge < -0.3 is 21.1 Å². The van der Waals surface area contributed by atoms with Gasteiger partial charge in [-0.25, -0.2) is 4.79 Å². The smallest absolute Gasteiger partial charge is 0.405 e. The molecule has 0 saturated carbocycles. The second-order valence-corrected chi connectivity index (χ2v) is 3.70. The number of amides is 2. The van der Waals surface area contributed by atoms with Gasteiger partial charge in [0.15, 0.2) is 0 Å². The first kappa shape index (κ1) is 11.8. The van der Waals surface area contributed by atoms with Crippen LogP contribution in [-0.4, -0.2) is 42.3 Å². The van der Waals surface area contributed by atoms with Crippen LogP contribution in [0.3, 0.4) is 0 Å². The highest BCUT2D eigenvalue weighted by atomic mass is 16.4. The third kappa shape index (κ3) is 4.16. The van der Waals surface area contributed by atoms with E-state index in [1.165, 1.54) is 6.92 Å². The van der Waals surface area contributed by atoms with Crippen LogP contribution in [0.1, 0.15) is 19.8 Å². The molecule has 1 heterocycles. The van der Waals surface area contributed by atoms with Gasteiger partial charge >= 0.3 is 6.09 Å². The minimum absolute atomic E-state index is 0.164. The number of carboxylic acid groups (broad SMARTS) is 1. The van der Waals surface area contributed by atoms with Crippen LogP contribution in [0.2, 0.25) is 0 Å². The number of carbonyl (C=O) groups excluding carboxylic acids is 1. The third-order valence-corrected chi connectivity index (χ3v) is 2.42. The van der Waals surface area contributed by atoms with Crippen LogP contribution in [0, 0.1) is 0 Å². The normalized spacial score (nSPS) is 19.3. The fraction of sp³-hybridized carbons (Fsp3) is 0.778. The van der Waals surface area contributed by atoms with Gasteiger partial charge in [-0.3, -0.25) is 4.79 Å². The van der Waals surface area contributed by atoms with E-state index in [4.69, 9.17) is 5.11 Å². The number of hydrogen-bond donors (Lipinski definition) is 4. The number of piperidine rings is 1. The van der Waals surface area contributed by atoms with Gasteiger partial charge in [-0.2, -0.15) is 0 Å². The van der Waals surface area contributed by atoms with Crippen molar-refractivity contribution in [2.45, 2.75) is 31.8 Å². The molecule has 6 nitrogen and oxygen atoms in total. The van der Waals surface area contributed by atoms with Crippen LogP contribution in [0.5, 0.6) is 0 Å². The first-order valence-corrected chi connectivity index (χ1v) is 5.10. The Morgan fingerprint density at radius 1 is 1.40 bits per heavy atom. The zero-order valence-corrected chi connectivity index (χ0v) is 8.75. The first-order valence-electron chi connectivity index (χ1n) is 5.10. The lowest BCUT2D eigenvalue weighted by Gasteiger charge is -2.25. The molecule has 1 unspecified atom stereocenters. The van der Waals surface area contributed by atoms with Crippen LogP contribution in [-0.2, 0) is 4.79 Å². The zero-order valence-electron chi connectivity index (χ0n) is 8.75. The topological polar surface area (TPSA) is 90.5 Å². The molecule has 1 aliphatic heterocycles. The highest BCUT2D eigenvalue weighted by Crippen LogP contribution is 2.02. The summed E-state index contributed by atoms with van der Waals surface area (Å²) in [5.41, 5.74) is 0. The van der Waals surface area contributed by atoms with E-state index in [1.54, 1.807) is 0 Å². The van der Waals surface area contributed by atoms with Crippen LogP contribution < -0.4 is 16.0 Å². The predicted octanol–water partition coefficient (Wildman–Crippen LogP) is -0.489. The molecule has 0 radical (unpaired) electrons. The van der Waals surface area contributed by atoms with E-state index in [1.807, 2.05) is 0 Å². The highest BCUT2D eigenvalue weighted by Gasteiger charge is 2.20. The largest absolute Gasteiger partial charge is 0.465 e. The summed E-state index contributed by atoms with van der Waals surface area (Å²) in [5, 5.41) is 16.6. The van der Waals surface area contributed by atoms with E-state index >= 15 is 0 Å². The maximum Gasteiger partial charge on any atom is 0.405 e. The summed E-state index contributed by atoms with van der Waals surface area (Å²) >= 11 is 0. The molecule has 6 heteroatoms. The van der Waals surface area contributed by atoms with Gasteiger partial charge in [-0.1, -0.05) is 0 Å².